The van der Waals surface area contributed by atoms with Gasteiger partial charge in [-0.15, -0.1) is 0 Å². The van der Waals surface area contributed by atoms with Gasteiger partial charge in [0.25, 0.3) is 5.91 Å². The van der Waals surface area contributed by atoms with Crippen LogP contribution in [0.3, 0.4) is 0 Å². The van der Waals surface area contributed by atoms with E-state index in [0.29, 0.717) is 19.3 Å². The van der Waals surface area contributed by atoms with E-state index in [1.807, 2.05) is 13.8 Å². The zero-order valence-corrected chi connectivity index (χ0v) is 18.4. The van der Waals surface area contributed by atoms with Crippen LogP contribution in [0.25, 0.3) is 0 Å². The smallest absolute Gasteiger partial charge is 0.846 e. The second kappa shape index (κ2) is 13.7. The third-order valence-electron chi connectivity index (χ3n) is 4.36. The van der Waals surface area contributed by atoms with E-state index in [-0.39, 0.29) is 48.3 Å². The Morgan fingerprint density at radius 2 is 1.63 bits per heavy atom. The first-order valence-electron chi connectivity index (χ1n) is 8.66. The second-order valence-corrected chi connectivity index (χ2v) is 6.19. The van der Waals surface area contributed by atoms with Gasteiger partial charge in [0.05, 0.1) is 6.02 Å². The normalized spacial score (nSPS) is 19.6. The van der Waals surface area contributed by atoms with Crippen LogP contribution in [0.4, 0.5) is 0 Å². The number of carboxylic acid groups (broad SMARTS) is 2. The Hall–Kier alpha value is -1.45. The van der Waals surface area contributed by atoms with Crippen molar-refractivity contribution in [1.82, 2.24) is 5.32 Å². The number of amidine groups is 1. The van der Waals surface area contributed by atoms with Crippen LogP contribution < -0.4 is 40.0 Å². The van der Waals surface area contributed by atoms with E-state index in [9.17, 15) is 24.3 Å². The Balaban J connectivity index is 0. The fourth-order valence-corrected chi connectivity index (χ4v) is 2.85. The van der Waals surface area contributed by atoms with Gasteiger partial charge in [0.1, 0.15) is 5.41 Å². The Bertz CT molecular complexity index is 549. The summed E-state index contributed by atoms with van der Waals surface area (Å²) in [7, 11) is 0. The van der Waals surface area contributed by atoms with E-state index in [4.69, 9.17) is 10.2 Å². The van der Waals surface area contributed by atoms with Crippen molar-refractivity contribution in [2.24, 2.45) is 16.3 Å². The minimum atomic E-state index is -1.15. The summed E-state index contributed by atoms with van der Waals surface area (Å²) in [6.07, 6.45) is 3.04. The number of hydrogen-bond acceptors (Lipinski definition) is 5. The molecule has 0 spiro atoms. The summed E-state index contributed by atoms with van der Waals surface area (Å²) >= 11 is 0. The number of carbonyl (C=O) groups is 4. The average molecular weight is 394 g/mol. The Labute approximate surface area is 180 Å². The molecule has 0 aromatic heterocycles. The molecule has 3 N–H and O–H groups in total. The number of carbonyl (C=O) groups excluding carboxylic acids is 2. The number of aliphatic carboxylic acids is 2. The molecule has 9 nitrogen and oxygen atoms in total. The van der Waals surface area contributed by atoms with Gasteiger partial charge in [-0.3, -0.25) is 19.2 Å². The molecule has 0 fully saturated rings. The number of unbranched alkanes of at least 4 members (excludes halogenated alkanes) is 1. The molecule has 0 saturated heterocycles. The van der Waals surface area contributed by atoms with E-state index in [1.165, 1.54) is 0 Å². The zero-order chi connectivity index (χ0) is 20.3. The third kappa shape index (κ3) is 8.85. The molecule has 1 heterocycles. The van der Waals surface area contributed by atoms with Crippen LogP contribution in [0.5, 0.6) is 0 Å². The average Bonchev–Trinajstić information content (AvgIpc) is 2.52. The molecule has 0 aromatic rings. The molecule has 10 heteroatoms. The van der Waals surface area contributed by atoms with Crippen LogP contribution in [0.2, 0.25) is 0 Å². The third-order valence-corrected chi connectivity index (χ3v) is 4.36. The summed E-state index contributed by atoms with van der Waals surface area (Å²) in [6.45, 7) is 5.62. The molecule has 148 valence electrons. The SMILES string of the molecule is CCCC(C)C1(CC)C(=O)N=C([O-])NC1=O.O=C(O)CCCCC(=O)O.[Na+]. The van der Waals surface area contributed by atoms with Crippen molar-refractivity contribution in [1.29, 1.82) is 0 Å². The van der Waals surface area contributed by atoms with Gasteiger partial charge >= 0.3 is 41.5 Å². The van der Waals surface area contributed by atoms with E-state index in [1.54, 1.807) is 6.92 Å². The van der Waals surface area contributed by atoms with Crippen LogP contribution in [-0.4, -0.2) is 40.0 Å². The molecule has 1 aliphatic heterocycles. The first-order valence-corrected chi connectivity index (χ1v) is 8.66. The zero-order valence-electron chi connectivity index (χ0n) is 16.4. The van der Waals surface area contributed by atoms with Crippen molar-refractivity contribution >= 4 is 29.8 Å². The fourth-order valence-electron chi connectivity index (χ4n) is 2.85. The predicted molar refractivity (Wildman–Crippen MR) is 91.1 cm³/mol. The summed E-state index contributed by atoms with van der Waals surface area (Å²) < 4.78 is 0. The maximum Gasteiger partial charge on any atom is 1.00 e. The van der Waals surface area contributed by atoms with E-state index < -0.39 is 35.2 Å². The van der Waals surface area contributed by atoms with E-state index in [0.717, 1.165) is 12.8 Å². The number of rotatable bonds is 9. The number of aliphatic imine (C=N–C) groups is 1. The van der Waals surface area contributed by atoms with Crippen molar-refractivity contribution in [2.75, 3.05) is 0 Å². The van der Waals surface area contributed by atoms with Gasteiger partial charge in [-0.05, 0) is 31.6 Å². The van der Waals surface area contributed by atoms with Crippen LogP contribution >= 0.6 is 0 Å². The largest absolute Gasteiger partial charge is 1.00 e. The van der Waals surface area contributed by atoms with Gasteiger partial charge in [0.2, 0.25) is 5.91 Å². The summed E-state index contributed by atoms with van der Waals surface area (Å²) in [6, 6.07) is -0.845. The van der Waals surface area contributed by atoms with E-state index >= 15 is 0 Å². The molecule has 0 aromatic carbocycles. The number of hydrogen-bond donors (Lipinski definition) is 3. The Morgan fingerprint density at radius 1 is 1.15 bits per heavy atom. The van der Waals surface area contributed by atoms with Crippen LogP contribution in [-0.2, 0) is 19.2 Å². The molecule has 1 aliphatic rings. The van der Waals surface area contributed by atoms with Gasteiger partial charge in [0.15, 0.2) is 0 Å². The minimum absolute atomic E-state index is 0. The molecule has 2 amide bonds. The first-order chi connectivity index (χ1) is 12.1. The predicted octanol–water partition coefficient (Wildman–Crippen LogP) is -2.09. The molecule has 2 atom stereocenters. The van der Waals surface area contributed by atoms with Crippen molar-refractivity contribution in [3.63, 3.8) is 0 Å². The molecular formula is C17H27N2NaO7. The van der Waals surface area contributed by atoms with Crippen molar-refractivity contribution in [2.45, 2.75) is 65.7 Å². The monoisotopic (exact) mass is 394 g/mol. The topological polar surface area (TPSA) is 156 Å². The van der Waals surface area contributed by atoms with Crippen LogP contribution in [0.15, 0.2) is 4.99 Å². The minimum Gasteiger partial charge on any atom is -0.846 e. The molecule has 2 unspecified atom stereocenters. The molecule has 0 saturated carbocycles. The van der Waals surface area contributed by atoms with Gasteiger partial charge in [0, 0.05) is 12.8 Å². The van der Waals surface area contributed by atoms with Gasteiger partial charge in [-0.1, -0.05) is 27.2 Å². The molecule has 0 bridgehead atoms. The number of carboxylic acids is 2. The summed E-state index contributed by atoms with van der Waals surface area (Å²) in [5.74, 6) is -2.94. The van der Waals surface area contributed by atoms with Crippen LogP contribution in [0.1, 0.15) is 65.7 Å². The Morgan fingerprint density at radius 3 is 1.96 bits per heavy atom. The quantitative estimate of drug-likeness (QED) is 0.230. The summed E-state index contributed by atoms with van der Waals surface area (Å²) in [5, 5.41) is 29.3. The molecule has 0 radical (unpaired) electrons. The van der Waals surface area contributed by atoms with Crippen molar-refractivity contribution in [3.05, 3.63) is 0 Å². The first kappa shape index (κ1) is 27.8. The molecular weight excluding hydrogens is 367 g/mol. The maximum absolute atomic E-state index is 11.9. The molecule has 0 aliphatic carbocycles. The van der Waals surface area contributed by atoms with Gasteiger partial charge in [-0.2, -0.15) is 0 Å². The van der Waals surface area contributed by atoms with Gasteiger partial charge in [-0.25, -0.2) is 4.99 Å². The second-order valence-electron chi connectivity index (χ2n) is 6.19. The van der Waals surface area contributed by atoms with Crippen molar-refractivity contribution in [3.8, 4) is 0 Å². The number of amides is 2. The van der Waals surface area contributed by atoms with Crippen LogP contribution in [0, 0.1) is 11.3 Å². The fraction of sp³-hybridized carbons (Fsp3) is 0.706. The standard InChI is InChI=1S/C11H18N2O3.C6H10O4.Na/c1-4-6-7(3)11(5-2)8(14)12-10(16)13-9(11)15;7-5(8)3-1-2-4-6(9)10;/h7H,4-6H2,1-3H3,(H2,12,13,14,15,16);1-4H2,(H,7,8)(H,9,10);/q;;+1/p-1. The van der Waals surface area contributed by atoms with Gasteiger partial charge < -0.3 is 20.6 Å². The number of nitrogens with one attached hydrogen (secondary N) is 1. The number of nitrogens with zero attached hydrogens (tertiary/aromatic N) is 1. The van der Waals surface area contributed by atoms with E-state index in [2.05, 4.69) is 10.3 Å². The Kier molecular flexibility index (Phi) is 14.1. The summed E-state index contributed by atoms with van der Waals surface area (Å²) in [5.41, 5.74) is -1.15. The summed E-state index contributed by atoms with van der Waals surface area (Å²) in [4.78, 5) is 46.9. The maximum atomic E-state index is 11.9. The van der Waals surface area contributed by atoms with Crippen molar-refractivity contribution < 1.29 is 64.1 Å². The molecule has 1 rings (SSSR count). The molecule has 27 heavy (non-hydrogen) atoms.